The number of benzene rings is 1. The highest BCUT2D eigenvalue weighted by molar-refractivity contribution is 6.08. The summed E-state index contributed by atoms with van der Waals surface area (Å²) in [6.07, 6.45) is 5.09. The van der Waals surface area contributed by atoms with Crippen LogP contribution < -0.4 is 10.1 Å². The van der Waals surface area contributed by atoms with Crippen molar-refractivity contribution in [3.8, 4) is 5.75 Å². The molecule has 1 aliphatic carbocycles. The number of hydrogen-bond acceptors (Lipinski definition) is 6. The van der Waals surface area contributed by atoms with Crippen LogP contribution in [0.5, 0.6) is 5.75 Å². The molecule has 1 aromatic rings. The van der Waals surface area contributed by atoms with Gasteiger partial charge in [0.25, 0.3) is 5.91 Å². The Morgan fingerprint density at radius 3 is 2.75 bits per heavy atom. The summed E-state index contributed by atoms with van der Waals surface area (Å²) in [5.41, 5.74) is 0.0513. The maximum absolute atomic E-state index is 14.6. The number of para-hydroxylation sites is 1. The highest BCUT2D eigenvalue weighted by Crippen LogP contribution is 2.34. The lowest BCUT2D eigenvalue weighted by molar-refractivity contribution is -0.136. The summed E-state index contributed by atoms with van der Waals surface area (Å²) in [5.74, 6) is -1.46. The van der Waals surface area contributed by atoms with Gasteiger partial charge in [-0.1, -0.05) is 12.5 Å². The first-order chi connectivity index (χ1) is 13.5. The molecule has 0 radical (unpaired) electrons. The molecule has 0 aromatic heterocycles. The molecular formula is C20H25FN2O5. The molecule has 0 saturated heterocycles. The minimum atomic E-state index is -0.678. The van der Waals surface area contributed by atoms with E-state index in [1.165, 1.54) is 24.5 Å². The van der Waals surface area contributed by atoms with Crippen molar-refractivity contribution in [1.82, 2.24) is 4.90 Å². The zero-order valence-electron chi connectivity index (χ0n) is 15.9. The van der Waals surface area contributed by atoms with Gasteiger partial charge < -0.3 is 24.8 Å². The van der Waals surface area contributed by atoms with Crippen LogP contribution in [-0.4, -0.2) is 54.8 Å². The Labute approximate surface area is 163 Å². The Bertz CT molecular complexity index is 774. The van der Waals surface area contributed by atoms with Gasteiger partial charge in [-0.15, -0.1) is 0 Å². The van der Waals surface area contributed by atoms with Crippen LogP contribution in [0.15, 0.2) is 29.5 Å². The standard InChI is InChI=1S/C20H25FN2O5/c1-27-20(26)14-12-23(10-11-24)19(25)17(14)22-18-15(21)8-5-9-16(18)28-13-6-3-2-4-7-13/h5,8-9,13,22,24H,2-4,6-7,10-12H2,1H3. The van der Waals surface area contributed by atoms with Crippen molar-refractivity contribution in [3.63, 3.8) is 0 Å². The Kier molecular flexibility index (Phi) is 6.51. The zero-order valence-corrected chi connectivity index (χ0v) is 15.9. The van der Waals surface area contributed by atoms with E-state index in [-0.39, 0.29) is 42.8 Å². The van der Waals surface area contributed by atoms with Gasteiger partial charge in [0.2, 0.25) is 0 Å². The van der Waals surface area contributed by atoms with Crippen LogP contribution in [0.25, 0.3) is 0 Å². The quantitative estimate of drug-likeness (QED) is 0.692. The average Bonchev–Trinajstić information content (AvgIpc) is 3.01. The van der Waals surface area contributed by atoms with Gasteiger partial charge in [-0.3, -0.25) is 4.79 Å². The van der Waals surface area contributed by atoms with Crippen LogP contribution in [0.1, 0.15) is 32.1 Å². The van der Waals surface area contributed by atoms with Gasteiger partial charge in [0.1, 0.15) is 23.0 Å². The number of ether oxygens (including phenoxy) is 2. The number of methoxy groups -OCH3 is 1. The van der Waals surface area contributed by atoms with Crippen LogP contribution in [0.3, 0.4) is 0 Å². The summed E-state index contributed by atoms with van der Waals surface area (Å²) in [6, 6.07) is 4.45. The van der Waals surface area contributed by atoms with E-state index >= 15 is 0 Å². The normalized spacial score (nSPS) is 17.8. The number of anilines is 1. The number of esters is 1. The van der Waals surface area contributed by atoms with E-state index in [4.69, 9.17) is 14.6 Å². The number of aliphatic hydroxyl groups is 1. The van der Waals surface area contributed by atoms with Gasteiger partial charge in [-0.05, 0) is 37.8 Å². The second-order valence-electron chi connectivity index (χ2n) is 6.91. The number of carbonyl (C=O) groups excluding carboxylic acids is 2. The molecule has 0 unspecified atom stereocenters. The van der Waals surface area contributed by atoms with E-state index in [9.17, 15) is 14.0 Å². The topological polar surface area (TPSA) is 88.1 Å². The van der Waals surface area contributed by atoms with Crippen LogP contribution in [0, 0.1) is 5.82 Å². The third-order valence-corrected chi connectivity index (χ3v) is 5.02. The summed E-state index contributed by atoms with van der Waals surface area (Å²) in [5, 5.41) is 11.9. The van der Waals surface area contributed by atoms with Crippen molar-refractivity contribution in [2.24, 2.45) is 0 Å². The number of halogens is 1. The zero-order chi connectivity index (χ0) is 20.1. The molecule has 3 rings (SSSR count). The minimum absolute atomic E-state index is 0.00433. The molecule has 1 fully saturated rings. The van der Waals surface area contributed by atoms with E-state index in [1.807, 2.05) is 0 Å². The number of amides is 1. The molecule has 7 nitrogen and oxygen atoms in total. The fourth-order valence-corrected chi connectivity index (χ4v) is 3.56. The molecule has 0 spiro atoms. The molecule has 152 valence electrons. The summed E-state index contributed by atoms with van der Waals surface area (Å²) >= 11 is 0. The lowest BCUT2D eigenvalue weighted by Crippen LogP contribution is -2.31. The van der Waals surface area contributed by atoms with Crippen molar-refractivity contribution in [3.05, 3.63) is 35.3 Å². The lowest BCUT2D eigenvalue weighted by atomic mass is 9.98. The van der Waals surface area contributed by atoms with Gasteiger partial charge in [0.05, 0.1) is 31.9 Å². The summed E-state index contributed by atoms with van der Waals surface area (Å²) < 4.78 is 25.4. The van der Waals surface area contributed by atoms with E-state index in [2.05, 4.69) is 5.32 Å². The van der Waals surface area contributed by atoms with Crippen molar-refractivity contribution < 1.29 is 28.6 Å². The molecule has 2 N–H and O–H groups in total. The number of β-amino-alcohol motifs (C(OH)–C–C–N with tert-alkyl or cyclic N) is 1. The summed E-state index contributed by atoms with van der Waals surface area (Å²) in [7, 11) is 1.22. The molecule has 8 heteroatoms. The first kappa shape index (κ1) is 20.1. The molecule has 1 aliphatic heterocycles. The number of nitrogens with zero attached hydrogens (tertiary/aromatic N) is 1. The van der Waals surface area contributed by atoms with Crippen molar-refractivity contribution >= 4 is 17.6 Å². The molecule has 2 aliphatic rings. The van der Waals surface area contributed by atoms with Crippen LogP contribution in [-0.2, 0) is 14.3 Å². The molecule has 1 amide bonds. The number of hydrogen-bond donors (Lipinski definition) is 2. The van der Waals surface area contributed by atoms with E-state index < -0.39 is 17.7 Å². The maximum atomic E-state index is 14.6. The van der Waals surface area contributed by atoms with Crippen LogP contribution in [0.2, 0.25) is 0 Å². The smallest absolute Gasteiger partial charge is 0.337 e. The van der Waals surface area contributed by atoms with E-state index in [1.54, 1.807) is 12.1 Å². The van der Waals surface area contributed by atoms with Gasteiger partial charge in [-0.25, -0.2) is 9.18 Å². The Hall–Kier alpha value is -2.61. The summed E-state index contributed by atoms with van der Waals surface area (Å²) in [6.45, 7) is -0.196. The van der Waals surface area contributed by atoms with Crippen molar-refractivity contribution in [2.45, 2.75) is 38.2 Å². The molecular weight excluding hydrogens is 367 g/mol. The maximum Gasteiger partial charge on any atom is 0.337 e. The predicted molar refractivity (Wildman–Crippen MR) is 100 cm³/mol. The fourth-order valence-electron chi connectivity index (χ4n) is 3.56. The Morgan fingerprint density at radius 1 is 1.32 bits per heavy atom. The fraction of sp³-hybridized carbons (Fsp3) is 0.500. The van der Waals surface area contributed by atoms with E-state index in [0.29, 0.717) is 5.75 Å². The van der Waals surface area contributed by atoms with Gasteiger partial charge >= 0.3 is 5.97 Å². The molecule has 0 bridgehead atoms. The van der Waals surface area contributed by atoms with Crippen molar-refractivity contribution in [2.75, 3.05) is 32.1 Å². The molecule has 1 saturated carbocycles. The lowest BCUT2D eigenvalue weighted by Gasteiger charge is -2.25. The first-order valence-corrected chi connectivity index (χ1v) is 9.49. The molecule has 1 aromatic carbocycles. The van der Waals surface area contributed by atoms with Crippen LogP contribution >= 0.6 is 0 Å². The molecule has 28 heavy (non-hydrogen) atoms. The largest absolute Gasteiger partial charge is 0.488 e. The second kappa shape index (κ2) is 9.05. The minimum Gasteiger partial charge on any atom is -0.488 e. The second-order valence-corrected chi connectivity index (χ2v) is 6.91. The van der Waals surface area contributed by atoms with Gasteiger partial charge in [-0.2, -0.15) is 0 Å². The SMILES string of the molecule is COC(=O)C1=C(Nc2c(F)cccc2OC2CCCCC2)C(=O)N(CCO)C1. The number of rotatable bonds is 7. The average molecular weight is 392 g/mol. The Morgan fingerprint density at radius 2 is 2.07 bits per heavy atom. The number of aliphatic hydroxyl groups excluding tert-OH is 1. The highest BCUT2D eigenvalue weighted by atomic mass is 19.1. The predicted octanol–water partition coefficient (Wildman–Crippen LogP) is 2.21. The monoisotopic (exact) mass is 392 g/mol. The molecule has 0 atom stereocenters. The van der Waals surface area contributed by atoms with Crippen molar-refractivity contribution in [1.29, 1.82) is 0 Å². The third-order valence-electron chi connectivity index (χ3n) is 5.02. The Balaban J connectivity index is 1.90. The third kappa shape index (κ3) is 4.27. The van der Waals surface area contributed by atoms with Gasteiger partial charge in [0.15, 0.2) is 0 Å². The molecule has 1 heterocycles. The highest BCUT2D eigenvalue weighted by Gasteiger charge is 2.35. The first-order valence-electron chi connectivity index (χ1n) is 9.49. The van der Waals surface area contributed by atoms with Crippen LogP contribution in [0.4, 0.5) is 10.1 Å². The summed E-state index contributed by atoms with van der Waals surface area (Å²) in [4.78, 5) is 26.1. The van der Waals surface area contributed by atoms with E-state index in [0.717, 1.165) is 25.7 Å². The van der Waals surface area contributed by atoms with Gasteiger partial charge in [0, 0.05) is 6.54 Å². The number of nitrogens with one attached hydrogen (secondary N) is 1. The number of carbonyl (C=O) groups is 2.